The first-order valence-corrected chi connectivity index (χ1v) is 19.6. The molecular formula is C46H44B2MgN6O6. The zero-order valence-electron chi connectivity index (χ0n) is 34.6. The molecule has 0 radical (unpaired) electrons. The maximum Gasteiger partial charge on any atom is 2.00 e. The van der Waals surface area contributed by atoms with Crippen molar-refractivity contribution in [3.8, 4) is 0 Å². The predicted molar refractivity (Wildman–Crippen MR) is 247 cm³/mol. The number of rotatable bonds is 12. The quantitative estimate of drug-likeness (QED) is 0.0949. The molecule has 302 valence electrons. The van der Waals surface area contributed by atoms with Crippen molar-refractivity contribution >= 4 is 122 Å². The second-order valence-corrected chi connectivity index (χ2v) is 14.9. The van der Waals surface area contributed by atoms with Gasteiger partial charge >= 0.3 is 37.3 Å². The van der Waals surface area contributed by atoms with Gasteiger partial charge in [-0.3, -0.25) is 9.59 Å². The summed E-state index contributed by atoms with van der Waals surface area (Å²) < 4.78 is 0. The number of allylic oxidation sites excluding steroid dienone is 5. The fourth-order valence-corrected chi connectivity index (χ4v) is 7.63. The van der Waals surface area contributed by atoms with Gasteiger partial charge in [0.25, 0.3) is 0 Å². The van der Waals surface area contributed by atoms with Crippen LogP contribution in [-0.2, 0) is 16.0 Å². The molecule has 0 fully saturated rings. The number of hydrogen-bond acceptors (Lipinski definition) is 8. The van der Waals surface area contributed by atoms with E-state index < -0.39 is 14.2 Å². The summed E-state index contributed by atoms with van der Waals surface area (Å²) in [4.78, 5) is 47.0. The number of carbonyl (C=O) groups is 2. The van der Waals surface area contributed by atoms with Gasteiger partial charge in [0.15, 0.2) is 0 Å². The summed E-state index contributed by atoms with van der Waals surface area (Å²) in [5.41, 5.74) is 13.9. The average Bonchev–Trinajstić information content (AvgIpc) is 3.88. The van der Waals surface area contributed by atoms with E-state index in [9.17, 15) is 29.7 Å². The Hall–Kier alpha value is -5.80. The van der Waals surface area contributed by atoms with Crippen LogP contribution in [-0.4, -0.2) is 79.2 Å². The SMILES string of the molecule is C=CC1=C(C)c2cc3[n-]c(cc4nc(cc5[n-]c(cc1n2)c(C)c5C=C)C(C)=C4CCC(=O)Nc1cccc(B(O)O)c1)c(CCC(=O)Nc1cccc(B(O)O)c1)c3C.[Mg+2]. The third kappa shape index (κ3) is 9.57. The van der Waals surface area contributed by atoms with E-state index in [-0.39, 0.29) is 58.6 Å². The Morgan fingerprint density at radius 1 is 0.639 bits per heavy atom. The van der Waals surface area contributed by atoms with E-state index in [1.165, 1.54) is 12.1 Å². The monoisotopic (exact) mass is 822 g/mol. The predicted octanol–water partition coefficient (Wildman–Crippen LogP) is 4.85. The number of benzene rings is 2. The number of aryl methyl sites for hydroxylation is 3. The van der Waals surface area contributed by atoms with Crippen molar-refractivity contribution < 1.29 is 29.7 Å². The van der Waals surface area contributed by atoms with E-state index in [1.54, 1.807) is 48.6 Å². The third-order valence-electron chi connectivity index (χ3n) is 11.0. The molecule has 0 unspecified atom stereocenters. The number of fused-ring (bicyclic) bond motifs is 8. The van der Waals surface area contributed by atoms with Crippen LogP contribution in [0.15, 0.2) is 92.0 Å². The van der Waals surface area contributed by atoms with Crippen LogP contribution < -0.4 is 31.5 Å². The van der Waals surface area contributed by atoms with Gasteiger partial charge in [0.1, 0.15) is 0 Å². The van der Waals surface area contributed by atoms with Gasteiger partial charge in [-0.15, -0.1) is 22.1 Å². The first-order chi connectivity index (χ1) is 28.7. The number of nitrogens with zero attached hydrogens (tertiary/aromatic N) is 4. The zero-order chi connectivity index (χ0) is 42.8. The summed E-state index contributed by atoms with van der Waals surface area (Å²) in [6.07, 6.45) is 4.45. The van der Waals surface area contributed by atoms with Gasteiger partial charge in [0.2, 0.25) is 11.8 Å². The van der Waals surface area contributed by atoms with Crippen molar-refractivity contribution in [1.82, 2.24) is 19.9 Å². The first-order valence-electron chi connectivity index (χ1n) is 19.6. The van der Waals surface area contributed by atoms with Crippen LogP contribution >= 0.6 is 0 Å². The standard InChI is InChI=1S/C46H46B2N6O6.Mg/c1-7-33-25(3)37-21-38-27(5)35(15-17-45(55)49-31-13-9-11-29(19-31)47(57)58)43(53-38)24-44-36(16-18-46(56)50-32-14-10-12-30(20-32)48(59)60)28(6)40(54-44)23-42-34(8-2)26(4)39(52-42)22-41(33)51-37;/h7-14,19-24,57-60H,1-2,15-18H2,3-6H3,(H4,49,50,51,52,53,54,55,56);/q;+2/p-2. The van der Waals surface area contributed by atoms with Gasteiger partial charge in [-0.05, 0) is 98.0 Å². The van der Waals surface area contributed by atoms with Crippen LogP contribution in [0.2, 0.25) is 0 Å². The second kappa shape index (κ2) is 18.9. The van der Waals surface area contributed by atoms with Crippen molar-refractivity contribution in [3.63, 3.8) is 0 Å². The molecule has 0 aliphatic carbocycles. The molecule has 5 aromatic rings. The Morgan fingerprint density at radius 2 is 1.15 bits per heavy atom. The second-order valence-electron chi connectivity index (χ2n) is 14.9. The molecule has 12 nitrogen and oxygen atoms in total. The number of amides is 2. The smallest absolute Gasteiger partial charge is 0.657 e. The molecule has 0 atom stereocenters. The molecule has 2 aliphatic rings. The molecule has 8 bridgehead atoms. The molecule has 15 heteroatoms. The molecule has 2 aromatic carbocycles. The normalized spacial score (nSPS) is 12.2. The van der Waals surface area contributed by atoms with Crippen LogP contribution in [0.1, 0.15) is 78.1 Å². The van der Waals surface area contributed by atoms with Crippen molar-refractivity contribution in [3.05, 3.63) is 137 Å². The average molecular weight is 823 g/mol. The summed E-state index contributed by atoms with van der Waals surface area (Å²) >= 11 is 0. The minimum atomic E-state index is -1.67. The minimum absolute atomic E-state index is 0. The molecule has 0 saturated carbocycles. The van der Waals surface area contributed by atoms with Gasteiger partial charge in [0, 0.05) is 29.8 Å². The Balaban J connectivity index is 0.00000622. The summed E-state index contributed by atoms with van der Waals surface area (Å²) in [6, 6.07) is 20.5. The topological polar surface area (TPSA) is 193 Å². The van der Waals surface area contributed by atoms with Gasteiger partial charge in [-0.2, -0.15) is 0 Å². The van der Waals surface area contributed by atoms with E-state index in [4.69, 9.17) is 19.9 Å². The molecule has 6 N–H and O–H groups in total. The number of aromatic nitrogens is 4. The summed E-state index contributed by atoms with van der Waals surface area (Å²) in [5.74, 6) is -0.531. The first kappa shape index (κ1) is 44.7. The van der Waals surface area contributed by atoms with Gasteiger partial charge in [-0.25, -0.2) is 9.97 Å². The number of hydrogen-bond donors (Lipinski definition) is 6. The van der Waals surface area contributed by atoms with Gasteiger partial charge in [0.05, 0.1) is 22.8 Å². The van der Waals surface area contributed by atoms with E-state index >= 15 is 0 Å². The molecule has 2 amide bonds. The fraction of sp³-hybridized carbons (Fsp3) is 0.174. The van der Waals surface area contributed by atoms with E-state index in [1.807, 2.05) is 52.0 Å². The molecule has 0 spiro atoms. The Morgan fingerprint density at radius 3 is 1.74 bits per heavy atom. The Bertz CT molecular complexity index is 2820. The number of nitrogens with one attached hydrogen (secondary N) is 2. The van der Waals surface area contributed by atoms with Crippen molar-refractivity contribution in [2.24, 2.45) is 0 Å². The van der Waals surface area contributed by atoms with Crippen molar-refractivity contribution in [2.75, 3.05) is 10.6 Å². The maximum absolute atomic E-state index is 13.3. The van der Waals surface area contributed by atoms with Gasteiger partial charge < -0.3 is 40.7 Å². The van der Waals surface area contributed by atoms with E-state index in [0.29, 0.717) is 52.2 Å². The number of carbonyl (C=O) groups excluding carboxylic acids is 2. The fourth-order valence-electron chi connectivity index (χ4n) is 7.63. The van der Waals surface area contributed by atoms with E-state index in [0.717, 1.165) is 61.5 Å². The molecule has 5 heterocycles. The van der Waals surface area contributed by atoms with Crippen molar-refractivity contribution in [2.45, 2.75) is 53.4 Å². The zero-order valence-corrected chi connectivity index (χ0v) is 36.0. The summed E-state index contributed by atoms with van der Waals surface area (Å²) in [7, 11) is -3.33. The number of anilines is 2. The largest absolute Gasteiger partial charge is 2.00 e. The van der Waals surface area contributed by atoms with Crippen LogP contribution in [0.25, 0.3) is 50.4 Å². The molecule has 2 aliphatic heterocycles. The molecule has 61 heavy (non-hydrogen) atoms. The maximum atomic E-state index is 13.3. The summed E-state index contributed by atoms with van der Waals surface area (Å²) in [6.45, 7) is 16.1. The Kier molecular flexibility index (Phi) is 13.8. The minimum Gasteiger partial charge on any atom is -0.657 e. The summed E-state index contributed by atoms with van der Waals surface area (Å²) in [5, 5.41) is 44.2. The molecule has 7 rings (SSSR count). The van der Waals surface area contributed by atoms with Crippen molar-refractivity contribution in [1.29, 1.82) is 0 Å². The van der Waals surface area contributed by atoms with E-state index in [2.05, 4.69) is 23.8 Å². The van der Waals surface area contributed by atoms with Crippen LogP contribution in [0.5, 0.6) is 0 Å². The molecule has 0 saturated heterocycles. The van der Waals surface area contributed by atoms with Crippen LogP contribution in [0.3, 0.4) is 0 Å². The van der Waals surface area contributed by atoms with Crippen LogP contribution in [0, 0.1) is 13.8 Å². The van der Waals surface area contributed by atoms with Crippen LogP contribution in [0.4, 0.5) is 11.4 Å². The molecule has 3 aromatic heterocycles. The van der Waals surface area contributed by atoms with Gasteiger partial charge in [-0.1, -0.05) is 90.5 Å². The Labute approximate surface area is 370 Å². The third-order valence-corrected chi connectivity index (χ3v) is 11.0. The molecular weight excluding hydrogens is 778 g/mol.